The number of hydrogen-bond acceptors (Lipinski definition) is 6. The Hall–Kier alpha value is -3.68. The van der Waals surface area contributed by atoms with E-state index in [1.807, 2.05) is 30.3 Å². The Bertz CT molecular complexity index is 927. The van der Waals surface area contributed by atoms with Crippen LogP contribution in [0.3, 0.4) is 0 Å². The Labute approximate surface area is 161 Å². The Balaban J connectivity index is 1.30. The van der Waals surface area contributed by atoms with E-state index in [4.69, 9.17) is 9.47 Å². The van der Waals surface area contributed by atoms with Crippen molar-refractivity contribution in [1.29, 1.82) is 0 Å². The van der Waals surface area contributed by atoms with Crippen LogP contribution in [-0.2, 0) is 4.79 Å². The second-order valence-electron chi connectivity index (χ2n) is 6.30. The third-order valence-corrected chi connectivity index (χ3v) is 4.30. The lowest BCUT2D eigenvalue weighted by atomic mass is 10.1. The number of aliphatic imine (C=N–C) groups is 1. The maximum atomic E-state index is 11.1. The van der Waals surface area contributed by atoms with E-state index in [-0.39, 0.29) is 11.9 Å². The van der Waals surface area contributed by atoms with Gasteiger partial charge in [-0.2, -0.15) is 5.10 Å². The highest BCUT2D eigenvalue weighted by Crippen LogP contribution is 2.25. The van der Waals surface area contributed by atoms with Gasteiger partial charge in [-0.15, -0.1) is 0 Å². The van der Waals surface area contributed by atoms with Gasteiger partial charge < -0.3 is 14.8 Å². The zero-order valence-electron chi connectivity index (χ0n) is 15.0. The zero-order chi connectivity index (χ0) is 19.2. The number of nitrogens with zero attached hydrogens (tertiary/aromatic N) is 3. The first-order valence-electron chi connectivity index (χ1n) is 8.95. The van der Waals surface area contributed by atoms with Gasteiger partial charge in [0, 0.05) is 25.2 Å². The molecule has 1 amide bonds. The van der Waals surface area contributed by atoms with Crippen LogP contribution in [0.15, 0.2) is 59.9 Å². The number of pyridine rings is 1. The highest BCUT2D eigenvalue weighted by molar-refractivity contribution is 5.76. The Kier molecular flexibility index (Phi) is 5.28. The zero-order valence-corrected chi connectivity index (χ0v) is 15.0. The number of amides is 1. The van der Waals surface area contributed by atoms with Crippen LogP contribution in [0.1, 0.15) is 12.8 Å². The van der Waals surface area contributed by atoms with Crippen molar-refractivity contribution >= 4 is 12.3 Å². The number of hydrogen-bond donors (Lipinski definition) is 2. The third kappa shape index (κ3) is 4.53. The van der Waals surface area contributed by atoms with Crippen LogP contribution < -0.4 is 14.8 Å². The van der Waals surface area contributed by atoms with Crippen LogP contribution in [0.25, 0.3) is 11.3 Å². The summed E-state index contributed by atoms with van der Waals surface area (Å²) in [7, 11) is 0. The highest BCUT2D eigenvalue weighted by atomic mass is 16.5. The highest BCUT2D eigenvalue weighted by Gasteiger charge is 2.16. The normalized spacial score (nSPS) is 16.7. The van der Waals surface area contributed by atoms with E-state index in [1.165, 1.54) is 6.40 Å². The maximum absolute atomic E-state index is 11.1. The average molecular weight is 377 g/mol. The number of nitrogens with one attached hydrogen (secondary N) is 2. The van der Waals surface area contributed by atoms with Gasteiger partial charge in [0.2, 0.25) is 11.8 Å². The first-order valence-corrected chi connectivity index (χ1v) is 8.95. The molecule has 0 spiro atoms. The van der Waals surface area contributed by atoms with Crippen molar-refractivity contribution in [2.24, 2.45) is 4.99 Å². The summed E-state index contributed by atoms with van der Waals surface area (Å²) in [6.45, 7) is 0.540. The number of carbonyl (C=O) groups is 1. The molecule has 4 rings (SSSR count). The van der Waals surface area contributed by atoms with Gasteiger partial charge >= 0.3 is 0 Å². The molecule has 8 heteroatoms. The van der Waals surface area contributed by atoms with E-state index in [9.17, 15) is 4.79 Å². The third-order valence-electron chi connectivity index (χ3n) is 4.30. The summed E-state index contributed by atoms with van der Waals surface area (Å²) >= 11 is 0. The van der Waals surface area contributed by atoms with Crippen molar-refractivity contribution < 1.29 is 14.3 Å². The number of benzene rings is 1. The molecule has 1 atom stereocenters. The predicted octanol–water partition coefficient (Wildman–Crippen LogP) is 2.95. The largest absolute Gasteiger partial charge is 0.456 e. The van der Waals surface area contributed by atoms with Gasteiger partial charge in [0.05, 0.1) is 17.9 Å². The predicted molar refractivity (Wildman–Crippen MR) is 103 cm³/mol. The molecule has 1 aliphatic heterocycles. The summed E-state index contributed by atoms with van der Waals surface area (Å²) in [5.74, 6) is 1.80. The van der Waals surface area contributed by atoms with Crippen molar-refractivity contribution in [2.45, 2.75) is 18.9 Å². The summed E-state index contributed by atoms with van der Waals surface area (Å²) in [6.07, 6.45) is 5.90. The average Bonchev–Trinajstić information content (AvgIpc) is 3.26. The fourth-order valence-corrected chi connectivity index (χ4v) is 2.77. The molecule has 8 nitrogen and oxygen atoms in total. The lowest BCUT2D eigenvalue weighted by Crippen LogP contribution is -2.37. The monoisotopic (exact) mass is 377 g/mol. The van der Waals surface area contributed by atoms with Crippen LogP contribution in [0.4, 0.5) is 0 Å². The fourth-order valence-electron chi connectivity index (χ4n) is 2.77. The van der Waals surface area contributed by atoms with E-state index in [0.717, 1.165) is 17.7 Å². The van der Waals surface area contributed by atoms with E-state index < -0.39 is 0 Å². The minimum atomic E-state index is 0.0463. The molecule has 1 aromatic carbocycles. The summed E-state index contributed by atoms with van der Waals surface area (Å²) < 4.78 is 11.2. The second kappa shape index (κ2) is 8.34. The van der Waals surface area contributed by atoms with Gasteiger partial charge in [-0.1, -0.05) is 0 Å². The first-order chi connectivity index (χ1) is 13.8. The molecule has 0 radical (unpaired) electrons. The number of aromatic amines is 1. The summed E-state index contributed by atoms with van der Waals surface area (Å²) in [5, 5.41) is 9.65. The standard InChI is InChI=1S/C20H19N5O3/c26-19-7-3-15(11-21-19)23-13-27-20-8-6-17(12-22-20)28-16-4-1-14(2-5-16)18-9-10-24-25-18/h1-2,4-6,8-10,12-13,15H,3,7,11H2,(H,21,26)(H,24,25)/t15-/m1/s1. The van der Waals surface area contributed by atoms with Crippen molar-refractivity contribution in [1.82, 2.24) is 20.5 Å². The minimum Gasteiger partial charge on any atom is -0.456 e. The quantitative estimate of drug-likeness (QED) is 0.508. The molecule has 28 heavy (non-hydrogen) atoms. The van der Waals surface area contributed by atoms with Gasteiger partial charge in [-0.25, -0.2) is 4.98 Å². The molecule has 142 valence electrons. The van der Waals surface area contributed by atoms with Crippen molar-refractivity contribution in [3.63, 3.8) is 0 Å². The molecule has 3 aromatic rings. The lowest BCUT2D eigenvalue weighted by molar-refractivity contribution is -0.122. The van der Waals surface area contributed by atoms with Crippen LogP contribution >= 0.6 is 0 Å². The first kappa shape index (κ1) is 17.7. The topological polar surface area (TPSA) is 101 Å². The maximum Gasteiger partial charge on any atom is 0.220 e. The Morgan fingerprint density at radius 3 is 2.64 bits per heavy atom. The Morgan fingerprint density at radius 1 is 1.11 bits per heavy atom. The molecule has 1 aliphatic rings. The van der Waals surface area contributed by atoms with Crippen LogP contribution in [0.5, 0.6) is 17.4 Å². The molecule has 2 N–H and O–H groups in total. The smallest absolute Gasteiger partial charge is 0.220 e. The number of piperidine rings is 1. The summed E-state index contributed by atoms with van der Waals surface area (Å²) in [6, 6.07) is 13.1. The Morgan fingerprint density at radius 2 is 1.96 bits per heavy atom. The molecule has 1 fully saturated rings. The molecular formula is C20H19N5O3. The number of rotatable bonds is 6. The number of carbonyl (C=O) groups excluding carboxylic acids is 1. The number of H-pyrrole nitrogens is 1. The molecule has 0 unspecified atom stereocenters. The van der Waals surface area contributed by atoms with Crippen molar-refractivity contribution in [2.75, 3.05) is 6.54 Å². The number of ether oxygens (including phenoxy) is 2. The van der Waals surface area contributed by atoms with Gasteiger partial charge in [0.15, 0.2) is 6.40 Å². The fraction of sp³-hybridized carbons (Fsp3) is 0.200. The molecule has 2 aromatic heterocycles. The van der Waals surface area contributed by atoms with Gasteiger partial charge in [-0.3, -0.25) is 14.9 Å². The van der Waals surface area contributed by atoms with Crippen LogP contribution in [-0.4, -0.2) is 40.1 Å². The lowest BCUT2D eigenvalue weighted by Gasteiger charge is -2.18. The summed E-state index contributed by atoms with van der Waals surface area (Å²) in [4.78, 5) is 19.6. The van der Waals surface area contributed by atoms with E-state index in [1.54, 1.807) is 24.5 Å². The second-order valence-corrected chi connectivity index (χ2v) is 6.30. The van der Waals surface area contributed by atoms with E-state index in [2.05, 4.69) is 25.5 Å². The van der Waals surface area contributed by atoms with Crippen LogP contribution in [0.2, 0.25) is 0 Å². The molecule has 1 saturated heterocycles. The SMILES string of the molecule is O=C1CC[C@@H](N=COc2ccc(Oc3ccc(-c4ccn[nH]4)cc3)cn2)CN1. The van der Waals surface area contributed by atoms with Gasteiger partial charge in [0.25, 0.3) is 0 Å². The molecule has 0 bridgehead atoms. The minimum absolute atomic E-state index is 0.0463. The number of aromatic nitrogens is 3. The van der Waals surface area contributed by atoms with Crippen LogP contribution in [0, 0.1) is 0 Å². The van der Waals surface area contributed by atoms with Gasteiger partial charge in [0.1, 0.15) is 11.5 Å². The molecule has 0 saturated carbocycles. The van der Waals surface area contributed by atoms with E-state index in [0.29, 0.717) is 30.3 Å². The molecule has 0 aliphatic carbocycles. The summed E-state index contributed by atoms with van der Waals surface area (Å²) in [5.41, 5.74) is 1.98. The van der Waals surface area contributed by atoms with E-state index >= 15 is 0 Å². The van der Waals surface area contributed by atoms with Crippen molar-refractivity contribution in [3.8, 4) is 28.6 Å². The molecule has 3 heterocycles. The van der Waals surface area contributed by atoms with Crippen molar-refractivity contribution in [3.05, 3.63) is 54.9 Å². The molecular weight excluding hydrogens is 358 g/mol. The van der Waals surface area contributed by atoms with Gasteiger partial charge in [-0.05, 0) is 48.4 Å².